The summed E-state index contributed by atoms with van der Waals surface area (Å²) in [6.07, 6.45) is 10.4. The van der Waals surface area contributed by atoms with Crippen LogP contribution in [0.4, 0.5) is 5.82 Å². The Morgan fingerprint density at radius 2 is 1.67 bits per heavy atom. The van der Waals surface area contributed by atoms with Gasteiger partial charge in [-0.05, 0) is 97.7 Å². The number of hydrogen-bond acceptors (Lipinski definition) is 18. The van der Waals surface area contributed by atoms with E-state index in [0.717, 1.165) is 65.6 Å². The van der Waals surface area contributed by atoms with Crippen LogP contribution < -0.4 is 16.4 Å². The van der Waals surface area contributed by atoms with Gasteiger partial charge < -0.3 is 56.0 Å². The molecule has 0 spiro atoms. The average molecular weight is 1150 g/mol. The summed E-state index contributed by atoms with van der Waals surface area (Å²) < 4.78 is 61.7. The van der Waals surface area contributed by atoms with Crippen LogP contribution in [0.15, 0.2) is 24.3 Å². The molecule has 2 aromatic heterocycles. The lowest BCUT2D eigenvalue weighted by molar-refractivity contribution is -0.137. The molecule has 4 fully saturated rings. The molecular formula is C48H82N7O17P3S. The number of hydrogen-bond donors (Lipinski definition) is 11. The fourth-order valence-electron chi connectivity index (χ4n) is 12.8. The normalized spacial score (nSPS) is 31.9. The van der Waals surface area contributed by atoms with Crippen molar-refractivity contribution in [1.29, 1.82) is 0 Å². The minimum atomic E-state index is -5.54. The summed E-state index contributed by atoms with van der Waals surface area (Å²) in [6, 6.07) is 0. The first-order valence-corrected chi connectivity index (χ1v) is 31.4. The first-order valence-electron chi connectivity index (χ1n) is 26.3. The van der Waals surface area contributed by atoms with Crippen molar-refractivity contribution in [2.75, 3.05) is 37.8 Å². The third-order valence-corrected chi connectivity index (χ3v) is 20.1. The van der Waals surface area contributed by atoms with Crippen LogP contribution in [0, 0.1) is 51.8 Å². The minimum absolute atomic E-state index is 0.0363. The van der Waals surface area contributed by atoms with Gasteiger partial charge in [-0.3, -0.25) is 27.7 Å². The minimum Gasteiger partial charge on any atom is -0.393 e. The van der Waals surface area contributed by atoms with Crippen molar-refractivity contribution in [1.82, 2.24) is 30.2 Å². The highest BCUT2D eigenvalue weighted by Crippen LogP contribution is 2.67. The highest BCUT2D eigenvalue weighted by atomic mass is 32.1. The standard InChI is InChI=1S/C27H46O.C21H36N7O16P3S/c1-18(2)7-6-8-19(3)23-11-12-24-22-10-9-20-17-21(28)13-15-26(20,4)25(22)14-16-27(23,24)5;1-21(2,16(31)19(32)24-4-3-12(29)23-5-6-48)8-41-47(38,39)44-46(36,37)40-7-11-15(43-45(33,34)35)14(30)20(42-11)28-10-27-13-17(22)25-9-26-18(13)28/h9,18-19,21-25,28H,6-8,10-17H2,1-5H3;9-11,14-16,20,30-31,48H,3-8H2,1-2H3,(H,23,29)(H,24,32)(H,36,37)(H,38,39)(H2,22,25,26)(H2,33,34,35)/t19-,21+,22+,23-,24+,25+,26+,27-;11-,14-,15-,16+,20-/m11/s1. The van der Waals surface area contributed by atoms with E-state index in [2.05, 4.69) is 87.7 Å². The molecule has 3 saturated carbocycles. The molecule has 432 valence electrons. The molecule has 1 aliphatic heterocycles. The van der Waals surface area contributed by atoms with E-state index in [1.165, 1.54) is 71.6 Å². The van der Waals surface area contributed by atoms with Crippen molar-refractivity contribution < 1.29 is 80.8 Å². The first-order chi connectivity index (χ1) is 35.4. The quantitative estimate of drug-likeness (QED) is 0.0360. The van der Waals surface area contributed by atoms with E-state index >= 15 is 0 Å². The first kappa shape index (κ1) is 62.8. The average Bonchev–Trinajstić information content (AvgIpc) is 4.02. The highest BCUT2D eigenvalue weighted by molar-refractivity contribution is 7.80. The van der Waals surface area contributed by atoms with Crippen molar-refractivity contribution in [3.05, 3.63) is 24.3 Å². The summed E-state index contributed by atoms with van der Waals surface area (Å²) in [5, 5.41) is 36.3. The van der Waals surface area contributed by atoms with Crippen molar-refractivity contribution in [2.45, 2.75) is 162 Å². The number of rotatable bonds is 23. The van der Waals surface area contributed by atoms with E-state index in [1.54, 1.807) is 5.57 Å². The number of aliphatic hydroxyl groups is 3. The van der Waals surface area contributed by atoms with E-state index in [4.69, 9.17) is 19.5 Å². The summed E-state index contributed by atoms with van der Waals surface area (Å²) in [5.41, 5.74) is 6.90. The van der Waals surface area contributed by atoms with E-state index in [-0.39, 0.29) is 42.0 Å². The molecule has 76 heavy (non-hydrogen) atoms. The largest absolute Gasteiger partial charge is 0.481 e. The van der Waals surface area contributed by atoms with Crippen LogP contribution in [0.1, 0.15) is 132 Å². The zero-order valence-electron chi connectivity index (χ0n) is 44.5. The maximum Gasteiger partial charge on any atom is 0.481 e. The van der Waals surface area contributed by atoms with Crippen LogP contribution in [0.25, 0.3) is 11.2 Å². The van der Waals surface area contributed by atoms with Gasteiger partial charge in [0.15, 0.2) is 17.7 Å². The summed E-state index contributed by atoms with van der Waals surface area (Å²) in [4.78, 5) is 74.6. The Hall–Kier alpha value is -2.41. The lowest BCUT2D eigenvalue weighted by Gasteiger charge is -2.58. The predicted octanol–water partition coefficient (Wildman–Crippen LogP) is 5.72. The molecule has 11 N–H and O–H groups in total. The number of nitrogens with one attached hydrogen (secondary N) is 2. The summed E-state index contributed by atoms with van der Waals surface area (Å²) >= 11 is 3.95. The highest BCUT2D eigenvalue weighted by Gasteiger charge is 2.59. The molecule has 2 aromatic rings. The van der Waals surface area contributed by atoms with Crippen LogP contribution >= 0.6 is 36.1 Å². The molecule has 0 radical (unpaired) electrons. The topological polar surface area (TPSA) is 367 Å². The van der Waals surface area contributed by atoms with E-state index in [9.17, 15) is 58.2 Å². The number of fused-ring (bicyclic) bond motifs is 6. The number of carbonyl (C=O) groups excluding carboxylic acids is 2. The SMILES string of the molecule is CC(C)(COP(=O)(O)OP(=O)(O)OC[C@H]1O[C@@H](n2cnc3c(N)ncnc32)[C@H](O)[C@@H]1OP(=O)(O)O)[C@@H](O)C(=O)NCCC(=O)NCCS.CC(C)CCC[C@@H](C)[C@H]1CC[C@H]2[C@@H]3CC=C4C[C@@H](O)CC[C@]4(C)[C@H]3CC[C@]12C. The van der Waals surface area contributed by atoms with Gasteiger partial charge in [0.25, 0.3) is 0 Å². The Morgan fingerprint density at radius 1 is 0.961 bits per heavy atom. The second-order valence-electron chi connectivity index (χ2n) is 23.0. The zero-order valence-corrected chi connectivity index (χ0v) is 48.1. The number of aromatic nitrogens is 4. The van der Waals surface area contributed by atoms with Crippen molar-refractivity contribution in [2.24, 2.45) is 51.8 Å². The molecule has 0 aromatic carbocycles. The smallest absolute Gasteiger partial charge is 0.393 e. The van der Waals surface area contributed by atoms with E-state index in [0.29, 0.717) is 23.1 Å². The van der Waals surface area contributed by atoms with Gasteiger partial charge in [0, 0.05) is 30.7 Å². The summed E-state index contributed by atoms with van der Waals surface area (Å²) in [6.45, 7) is 13.3. The fourth-order valence-corrected chi connectivity index (χ4v) is 15.7. The third kappa shape index (κ3) is 15.3. The van der Waals surface area contributed by atoms with Crippen LogP contribution in [-0.2, 0) is 45.9 Å². The maximum absolute atomic E-state index is 12.6. The molecule has 5 aliphatic rings. The van der Waals surface area contributed by atoms with Crippen molar-refractivity contribution in [3.63, 3.8) is 0 Å². The molecule has 7 rings (SSSR count). The van der Waals surface area contributed by atoms with Crippen LogP contribution in [0.3, 0.4) is 0 Å². The number of nitrogen functional groups attached to an aromatic ring is 1. The number of phosphoric ester groups is 3. The van der Waals surface area contributed by atoms with Crippen molar-refractivity contribution >= 4 is 64.9 Å². The number of ether oxygens (including phenoxy) is 1. The number of thiol groups is 1. The second-order valence-corrected chi connectivity index (χ2v) is 27.7. The van der Waals surface area contributed by atoms with Crippen LogP contribution in [-0.4, -0.2) is 129 Å². The Balaban J connectivity index is 0.000000281. The van der Waals surface area contributed by atoms with Gasteiger partial charge >= 0.3 is 23.5 Å². The molecule has 3 heterocycles. The van der Waals surface area contributed by atoms with Gasteiger partial charge in [-0.25, -0.2) is 28.6 Å². The third-order valence-electron chi connectivity index (χ3n) is 16.8. The van der Waals surface area contributed by atoms with Gasteiger partial charge in [0.2, 0.25) is 11.8 Å². The number of carbonyl (C=O) groups is 2. The Bertz CT molecular complexity index is 2500. The lowest BCUT2D eigenvalue weighted by atomic mass is 9.47. The number of allylic oxidation sites excluding steroid dienone is 1. The number of imidazole rings is 1. The lowest BCUT2D eigenvalue weighted by Crippen LogP contribution is -2.50. The van der Waals surface area contributed by atoms with Gasteiger partial charge in [0.1, 0.15) is 36.3 Å². The monoisotopic (exact) mass is 1150 g/mol. The maximum atomic E-state index is 12.6. The van der Waals surface area contributed by atoms with E-state index in [1.807, 2.05) is 0 Å². The van der Waals surface area contributed by atoms with Gasteiger partial charge in [-0.1, -0.05) is 79.4 Å². The molecule has 28 heteroatoms. The van der Waals surface area contributed by atoms with E-state index < -0.39 is 78.6 Å². The Morgan fingerprint density at radius 3 is 2.36 bits per heavy atom. The zero-order chi connectivity index (χ0) is 56.2. The molecule has 4 aliphatic carbocycles. The second kappa shape index (κ2) is 25.6. The number of anilines is 1. The van der Waals surface area contributed by atoms with Crippen molar-refractivity contribution in [3.8, 4) is 0 Å². The van der Waals surface area contributed by atoms with Gasteiger partial charge in [-0.15, -0.1) is 0 Å². The Labute approximate surface area is 450 Å². The molecule has 2 unspecified atom stereocenters. The number of aliphatic hydroxyl groups excluding tert-OH is 3. The summed E-state index contributed by atoms with van der Waals surface area (Å²) in [5.74, 6) is 4.51. The predicted molar refractivity (Wildman–Crippen MR) is 283 cm³/mol. The van der Waals surface area contributed by atoms with Crippen LogP contribution in [0.2, 0.25) is 0 Å². The molecule has 0 bridgehead atoms. The molecule has 1 saturated heterocycles. The Kier molecular flexibility index (Phi) is 21.1. The number of amides is 2. The number of nitrogens with zero attached hydrogens (tertiary/aromatic N) is 4. The molecular weight excluding hydrogens is 1070 g/mol. The molecule has 2 amide bonds. The molecule has 24 nitrogen and oxygen atoms in total. The van der Waals surface area contributed by atoms with Gasteiger partial charge in [0.05, 0.1) is 25.6 Å². The van der Waals surface area contributed by atoms with Gasteiger partial charge in [-0.2, -0.15) is 16.9 Å². The van der Waals surface area contributed by atoms with Crippen LogP contribution in [0.5, 0.6) is 0 Å². The fraction of sp³-hybridized carbons (Fsp3) is 0.812. The summed E-state index contributed by atoms with van der Waals surface area (Å²) in [7, 11) is -16.3. The number of nitrogens with two attached hydrogens (primary N) is 1. The molecule has 15 atom stereocenters. The number of phosphoric acid groups is 3.